The molecule has 0 aromatic heterocycles. The van der Waals surface area contributed by atoms with Crippen molar-refractivity contribution >= 4 is 17.4 Å². The molecule has 1 aromatic carbocycles. The van der Waals surface area contributed by atoms with Gasteiger partial charge in [-0.2, -0.15) is 0 Å². The summed E-state index contributed by atoms with van der Waals surface area (Å²) in [6.07, 6.45) is 3.75. The molecule has 1 fully saturated rings. The summed E-state index contributed by atoms with van der Waals surface area (Å²) in [7, 11) is 0. The summed E-state index contributed by atoms with van der Waals surface area (Å²) < 4.78 is 5.66. The molecule has 0 aliphatic carbocycles. The van der Waals surface area contributed by atoms with Crippen LogP contribution in [0.3, 0.4) is 0 Å². The largest absolute Gasteiger partial charge is 0.491 e. The van der Waals surface area contributed by atoms with Crippen LogP contribution in [-0.2, 0) is 9.59 Å². The fourth-order valence-electron chi connectivity index (χ4n) is 3.32. The molecule has 0 bridgehead atoms. The lowest BCUT2D eigenvalue weighted by Crippen LogP contribution is -2.34. The van der Waals surface area contributed by atoms with E-state index in [0.717, 1.165) is 37.2 Å². The molecule has 5 heteroatoms. The smallest absolute Gasteiger partial charge is 0.278 e. The van der Waals surface area contributed by atoms with Gasteiger partial charge < -0.3 is 9.64 Å². The maximum absolute atomic E-state index is 12.9. The van der Waals surface area contributed by atoms with Gasteiger partial charge in [0.25, 0.3) is 11.8 Å². The first kappa shape index (κ1) is 17.3. The molecule has 0 atom stereocenters. The molecule has 5 nitrogen and oxygen atoms in total. The second-order valence-electron chi connectivity index (χ2n) is 6.62. The van der Waals surface area contributed by atoms with Crippen LogP contribution in [0, 0.1) is 0 Å². The summed E-state index contributed by atoms with van der Waals surface area (Å²) in [6, 6.07) is 7.40. The number of imide groups is 1. The Balaban J connectivity index is 2.00. The molecule has 25 heavy (non-hydrogen) atoms. The van der Waals surface area contributed by atoms with Gasteiger partial charge in [0.05, 0.1) is 11.7 Å². The lowest BCUT2D eigenvalue weighted by atomic mass is 10.0. The molecule has 0 unspecified atom stereocenters. The Morgan fingerprint density at radius 2 is 1.76 bits per heavy atom. The molecule has 2 heterocycles. The van der Waals surface area contributed by atoms with Gasteiger partial charge in [0.2, 0.25) is 0 Å². The van der Waals surface area contributed by atoms with E-state index in [1.165, 1.54) is 4.90 Å². The number of hydrogen-bond donors (Lipinski definition) is 0. The Labute approximate surface area is 148 Å². The predicted molar refractivity (Wildman–Crippen MR) is 96.9 cm³/mol. The highest BCUT2D eigenvalue weighted by atomic mass is 16.5. The van der Waals surface area contributed by atoms with E-state index >= 15 is 0 Å². The summed E-state index contributed by atoms with van der Waals surface area (Å²) in [5.74, 6) is 0.287. The molecule has 0 saturated carbocycles. The number of hydrogen-bond acceptors (Lipinski definition) is 4. The predicted octanol–water partition coefficient (Wildman–Crippen LogP) is 2.84. The Hall–Kier alpha value is -2.56. The summed E-state index contributed by atoms with van der Waals surface area (Å²) in [4.78, 5) is 29.0. The summed E-state index contributed by atoms with van der Waals surface area (Å²) in [6.45, 7) is 9.45. The van der Waals surface area contributed by atoms with Gasteiger partial charge in [-0.25, -0.2) is 0 Å². The lowest BCUT2D eigenvalue weighted by Gasteiger charge is -2.19. The minimum absolute atomic E-state index is 0.0861. The molecule has 1 aromatic rings. The molecule has 0 N–H and O–H groups in total. The fraction of sp³-hybridized carbons (Fsp3) is 0.400. The van der Waals surface area contributed by atoms with Crippen LogP contribution in [0.15, 0.2) is 42.6 Å². The van der Waals surface area contributed by atoms with Crippen molar-refractivity contribution in [3.05, 3.63) is 48.2 Å². The molecule has 132 valence electrons. The molecule has 0 radical (unpaired) electrons. The summed E-state index contributed by atoms with van der Waals surface area (Å²) in [5, 5.41) is 0. The number of carbonyl (C=O) groups is 2. The minimum atomic E-state index is -0.246. The minimum Gasteiger partial charge on any atom is -0.491 e. The Kier molecular flexibility index (Phi) is 4.93. The number of likely N-dealkylation sites (tertiary alicyclic amines) is 1. The van der Waals surface area contributed by atoms with Crippen LogP contribution in [0.4, 0.5) is 0 Å². The van der Waals surface area contributed by atoms with E-state index in [1.807, 2.05) is 43.0 Å². The molecule has 3 rings (SSSR count). The zero-order valence-corrected chi connectivity index (χ0v) is 14.8. The quantitative estimate of drug-likeness (QED) is 0.590. The van der Waals surface area contributed by atoms with Crippen LogP contribution in [0.1, 0.15) is 32.3 Å². The van der Waals surface area contributed by atoms with E-state index in [4.69, 9.17) is 4.74 Å². The Morgan fingerprint density at radius 1 is 1.12 bits per heavy atom. The van der Waals surface area contributed by atoms with E-state index in [1.54, 1.807) is 6.08 Å². The lowest BCUT2D eigenvalue weighted by molar-refractivity contribution is -0.136. The summed E-state index contributed by atoms with van der Waals surface area (Å²) in [5.41, 5.74) is 1.77. The second-order valence-corrected chi connectivity index (χ2v) is 6.62. The van der Waals surface area contributed by atoms with E-state index in [2.05, 4.69) is 6.58 Å². The number of ether oxygens (including phenoxy) is 1. The van der Waals surface area contributed by atoms with Crippen molar-refractivity contribution in [2.75, 3.05) is 19.6 Å². The first-order valence-corrected chi connectivity index (χ1v) is 8.76. The van der Waals surface area contributed by atoms with Crippen molar-refractivity contribution in [2.45, 2.75) is 32.8 Å². The highest BCUT2D eigenvalue weighted by molar-refractivity contribution is 6.35. The van der Waals surface area contributed by atoms with Gasteiger partial charge in [0.15, 0.2) is 0 Å². The fourth-order valence-corrected chi connectivity index (χ4v) is 3.32. The van der Waals surface area contributed by atoms with Gasteiger partial charge in [-0.1, -0.05) is 18.2 Å². The SMILES string of the molecule is C=CCN1C(=O)C(c2ccc(OC(C)C)cc2)=C(N2CCCC2)C1=O. The highest BCUT2D eigenvalue weighted by Crippen LogP contribution is 2.34. The van der Waals surface area contributed by atoms with Crippen molar-refractivity contribution in [3.63, 3.8) is 0 Å². The second kappa shape index (κ2) is 7.13. The van der Waals surface area contributed by atoms with Gasteiger partial charge in [-0.15, -0.1) is 6.58 Å². The van der Waals surface area contributed by atoms with Gasteiger partial charge >= 0.3 is 0 Å². The first-order chi connectivity index (χ1) is 12.0. The van der Waals surface area contributed by atoms with Crippen molar-refractivity contribution in [1.82, 2.24) is 9.80 Å². The van der Waals surface area contributed by atoms with Gasteiger partial charge in [0, 0.05) is 19.6 Å². The average molecular weight is 340 g/mol. The van der Waals surface area contributed by atoms with Crippen LogP contribution < -0.4 is 4.74 Å². The maximum atomic E-state index is 12.9. The zero-order valence-electron chi connectivity index (χ0n) is 14.8. The molecule has 2 amide bonds. The van der Waals surface area contributed by atoms with Gasteiger partial charge in [0.1, 0.15) is 11.4 Å². The molecular weight excluding hydrogens is 316 g/mol. The molecule has 2 aliphatic heterocycles. The number of carbonyl (C=O) groups excluding carboxylic acids is 2. The highest BCUT2D eigenvalue weighted by Gasteiger charge is 2.41. The number of rotatable bonds is 6. The number of nitrogens with zero attached hydrogens (tertiary/aromatic N) is 2. The molecule has 2 aliphatic rings. The molecular formula is C20H24N2O3. The maximum Gasteiger partial charge on any atom is 0.278 e. The van der Waals surface area contributed by atoms with Crippen molar-refractivity contribution in [1.29, 1.82) is 0 Å². The number of benzene rings is 1. The van der Waals surface area contributed by atoms with Crippen LogP contribution in [-0.4, -0.2) is 47.4 Å². The van der Waals surface area contributed by atoms with E-state index in [0.29, 0.717) is 11.3 Å². The molecule has 1 saturated heterocycles. The van der Waals surface area contributed by atoms with E-state index < -0.39 is 0 Å². The Morgan fingerprint density at radius 3 is 2.32 bits per heavy atom. The standard InChI is InChI=1S/C20H24N2O3/c1-4-11-22-19(23)17(18(20(22)24)21-12-5-6-13-21)15-7-9-16(10-8-15)25-14(2)3/h4,7-10,14H,1,5-6,11-13H2,2-3H3. The first-order valence-electron chi connectivity index (χ1n) is 8.76. The molecule has 0 spiro atoms. The normalized spacial score (nSPS) is 17.9. The van der Waals surface area contributed by atoms with Crippen molar-refractivity contribution < 1.29 is 14.3 Å². The topological polar surface area (TPSA) is 49.9 Å². The van der Waals surface area contributed by atoms with E-state index in [-0.39, 0.29) is 24.5 Å². The number of amides is 2. The van der Waals surface area contributed by atoms with Crippen LogP contribution in [0.25, 0.3) is 5.57 Å². The van der Waals surface area contributed by atoms with Crippen LogP contribution in [0.5, 0.6) is 5.75 Å². The Bertz CT molecular complexity index is 713. The third-order valence-corrected chi connectivity index (χ3v) is 4.39. The van der Waals surface area contributed by atoms with Crippen LogP contribution >= 0.6 is 0 Å². The van der Waals surface area contributed by atoms with Crippen molar-refractivity contribution in [3.8, 4) is 5.75 Å². The van der Waals surface area contributed by atoms with Crippen molar-refractivity contribution in [2.24, 2.45) is 0 Å². The van der Waals surface area contributed by atoms with Crippen LogP contribution in [0.2, 0.25) is 0 Å². The average Bonchev–Trinajstić information content (AvgIpc) is 3.17. The third kappa shape index (κ3) is 3.31. The van der Waals surface area contributed by atoms with Gasteiger partial charge in [-0.05, 0) is 44.4 Å². The summed E-state index contributed by atoms with van der Waals surface area (Å²) >= 11 is 0. The zero-order chi connectivity index (χ0) is 18.0. The third-order valence-electron chi connectivity index (χ3n) is 4.39. The monoisotopic (exact) mass is 340 g/mol. The van der Waals surface area contributed by atoms with Gasteiger partial charge in [-0.3, -0.25) is 14.5 Å². The van der Waals surface area contributed by atoms with E-state index in [9.17, 15) is 9.59 Å².